The molecule has 0 saturated heterocycles. The minimum absolute atomic E-state index is 0.0799. The smallest absolute Gasteiger partial charge is 0.154 e. The van der Waals surface area contributed by atoms with E-state index >= 15 is 0 Å². The fourth-order valence-corrected chi connectivity index (χ4v) is 4.81. The Morgan fingerprint density at radius 3 is 1.44 bits per heavy atom. The van der Waals surface area contributed by atoms with Crippen LogP contribution in [0.15, 0.2) is 0 Å². The first-order valence-corrected chi connectivity index (χ1v) is 9.14. The highest BCUT2D eigenvalue weighted by molar-refractivity contribution is 7.92. The highest BCUT2D eigenvalue weighted by Gasteiger charge is 2.22. The molecule has 0 unspecified atom stereocenters. The molecule has 0 aromatic carbocycles. The Labute approximate surface area is 106 Å². The van der Waals surface area contributed by atoms with E-state index in [1.807, 2.05) is 0 Å². The Morgan fingerprint density at radius 1 is 0.875 bits per heavy atom. The number of sulfone groups is 2. The maximum Gasteiger partial charge on any atom is 0.154 e. The third-order valence-electron chi connectivity index (χ3n) is 1.67. The van der Waals surface area contributed by atoms with Gasteiger partial charge in [0.15, 0.2) is 19.7 Å². The van der Waals surface area contributed by atoms with Crippen LogP contribution >= 0.6 is 23.2 Å². The van der Waals surface area contributed by atoms with Gasteiger partial charge in [0, 0.05) is 11.8 Å². The summed E-state index contributed by atoms with van der Waals surface area (Å²) in [6, 6.07) is 0. The summed E-state index contributed by atoms with van der Waals surface area (Å²) in [7, 11) is -7.00. The molecule has 5 nitrogen and oxygen atoms in total. The summed E-state index contributed by atoms with van der Waals surface area (Å²) < 4.78 is 44.9. The van der Waals surface area contributed by atoms with Crippen molar-refractivity contribution in [3.8, 4) is 0 Å². The lowest BCUT2D eigenvalue weighted by atomic mass is 10.5. The Bertz CT molecular complexity index is 351. The summed E-state index contributed by atoms with van der Waals surface area (Å²) in [6.45, 7) is 0. The van der Waals surface area contributed by atoms with E-state index in [4.69, 9.17) is 23.2 Å². The number of aliphatic hydroxyl groups is 1. The van der Waals surface area contributed by atoms with E-state index in [0.29, 0.717) is 0 Å². The lowest BCUT2D eigenvalue weighted by Gasteiger charge is -2.10. The molecule has 0 heterocycles. The molecule has 16 heavy (non-hydrogen) atoms. The molecule has 0 aromatic rings. The molecule has 0 amide bonds. The topological polar surface area (TPSA) is 88.5 Å². The largest absolute Gasteiger partial charge is 0.391 e. The average Bonchev–Trinajstić information content (AvgIpc) is 1.99. The van der Waals surface area contributed by atoms with Crippen molar-refractivity contribution in [2.75, 3.05) is 34.8 Å². The monoisotopic (exact) mass is 312 g/mol. The molecule has 0 saturated carbocycles. The van der Waals surface area contributed by atoms with Crippen LogP contribution in [0.2, 0.25) is 0 Å². The summed E-state index contributed by atoms with van der Waals surface area (Å²) in [5.41, 5.74) is 0. The molecule has 0 bridgehead atoms. The first kappa shape index (κ1) is 16.4. The van der Waals surface area contributed by atoms with E-state index in [1.165, 1.54) is 0 Å². The van der Waals surface area contributed by atoms with Gasteiger partial charge >= 0.3 is 0 Å². The van der Waals surface area contributed by atoms with E-state index < -0.39 is 37.3 Å². The Kier molecular flexibility index (Phi) is 7.20. The van der Waals surface area contributed by atoms with Gasteiger partial charge in [0.1, 0.15) is 0 Å². The van der Waals surface area contributed by atoms with E-state index in [-0.39, 0.29) is 23.3 Å². The number of halogens is 2. The second kappa shape index (κ2) is 7.00. The highest BCUT2D eigenvalue weighted by atomic mass is 35.5. The zero-order chi connectivity index (χ0) is 12.8. The molecule has 0 spiro atoms. The second-order valence-electron chi connectivity index (χ2n) is 3.26. The molecule has 0 radical (unpaired) electrons. The number of hydrogen-bond donors (Lipinski definition) is 1. The van der Waals surface area contributed by atoms with Crippen molar-refractivity contribution in [1.29, 1.82) is 0 Å². The van der Waals surface area contributed by atoms with E-state index in [1.54, 1.807) is 0 Å². The molecule has 0 aliphatic heterocycles. The van der Waals surface area contributed by atoms with Gasteiger partial charge in [-0.25, -0.2) is 16.8 Å². The molecule has 0 fully saturated rings. The number of hydrogen-bond acceptors (Lipinski definition) is 5. The molecular formula is C7H14Cl2O5S2. The van der Waals surface area contributed by atoms with E-state index in [0.717, 1.165) is 0 Å². The SMILES string of the molecule is O=S(=O)(CCCl)CC(O)CS(=O)(=O)CCCl. The lowest BCUT2D eigenvalue weighted by Crippen LogP contribution is -2.31. The predicted molar refractivity (Wildman–Crippen MR) is 64.8 cm³/mol. The van der Waals surface area contributed by atoms with Crippen LogP contribution in [0, 0.1) is 0 Å². The van der Waals surface area contributed by atoms with Gasteiger partial charge in [-0.05, 0) is 0 Å². The van der Waals surface area contributed by atoms with Crippen LogP contribution in [0.4, 0.5) is 0 Å². The fourth-order valence-electron chi connectivity index (χ4n) is 1.04. The molecular weight excluding hydrogens is 299 g/mol. The second-order valence-corrected chi connectivity index (χ2v) is 8.47. The molecule has 0 aromatic heterocycles. The van der Waals surface area contributed by atoms with Crippen LogP contribution < -0.4 is 0 Å². The molecule has 0 atom stereocenters. The highest BCUT2D eigenvalue weighted by Crippen LogP contribution is 2.02. The zero-order valence-electron chi connectivity index (χ0n) is 8.47. The third kappa shape index (κ3) is 7.67. The number of aliphatic hydroxyl groups excluding tert-OH is 1. The van der Waals surface area contributed by atoms with Gasteiger partial charge in [-0.3, -0.25) is 0 Å². The summed E-state index contributed by atoms with van der Waals surface area (Å²) in [6.07, 6.45) is -1.43. The van der Waals surface area contributed by atoms with Gasteiger partial charge in [-0.1, -0.05) is 0 Å². The molecule has 0 rings (SSSR count). The number of rotatable bonds is 8. The summed E-state index contributed by atoms with van der Waals surface area (Å²) in [5.74, 6) is -1.90. The molecule has 1 N–H and O–H groups in total. The van der Waals surface area contributed by atoms with Gasteiger partial charge in [0.05, 0.1) is 29.1 Å². The van der Waals surface area contributed by atoms with Crippen molar-refractivity contribution in [3.63, 3.8) is 0 Å². The zero-order valence-corrected chi connectivity index (χ0v) is 11.6. The van der Waals surface area contributed by atoms with Crippen LogP contribution in [-0.4, -0.2) is 62.8 Å². The van der Waals surface area contributed by atoms with Gasteiger partial charge in [0.25, 0.3) is 0 Å². The predicted octanol–water partition coefficient (Wildman–Crippen LogP) is -0.345. The first-order valence-electron chi connectivity index (χ1n) is 4.43. The van der Waals surface area contributed by atoms with Crippen molar-refractivity contribution < 1.29 is 21.9 Å². The molecule has 0 aliphatic carbocycles. The molecule has 9 heteroatoms. The summed E-state index contributed by atoms with van der Waals surface area (Å²) >= 11 is 10.5. The van der Waals surface area contributed by atoms with Crippen LogP contribution in [0.3, 0.4) is 0 Å². The first-order chi connectivity index (χ1) is 7.22. The maximum atomic E-state index is 11.2. The lowest BCUT2D eigenvalue weighted by molar-refractivity contribution is 0.220. The van der Waals surface area contributed by atoms with Crippen LogP contribution in [0.25, 0.3) is 0 Å². The molecule has 98 valence electrons. The fraction of sp³-hybridized carbons (Fsp3) is 1.00. The van der Waals surface area contributed by atoms with Crippen molar-refractivity contribution in [3.05, 3.63) is 0 Å². The molecule has 0 aliphatic rings. The van der Waals surface area contributed by atoms with E-state index in [9.17, 15) is 21.9 Å². The van der Waals surface area contributed by atoms with Crippen molar-refractivity contribution in [1.82, 2.24) is 0 Å². The van der Waals surface area contributed by atoms with Gasteiger partial charge in [-0.15, -0.1) is 23.2 Å². The van der Waals surface area contributed by atoms with Gasteiger partial charge < -0.3 is 5.11 Å². The average molecular weight is 313 g/mol. The minimum atomic E-state index is -3.50. The van der Waals surface area contributed by atoms with Crippen molar-refractivity contribution in [2.24, 2.45) is 0 Å². The van der Waals surface area contributed by atoms with Crippen molar-refractivity contribution in [2.45, 2.75) is 6.10 Å². The summed E-state index contributed by atoms with van der Waals surface area (Å²) in [4.78, 5) is 0. The Balaban J connectivity index is 4.34. The maximum absolute atomic E-state index is 11.2. The minimum Gasteiger partial charge on any atom is -0.391 e. The van der Waals surface area contributed by atoms with Crippen LogP contribution in [0.1, 0.15) is 0 Å². The van der Waals surface area contributed by atoms with Crippen LogP contribution in [-0.2, 0) is 19.7 Å². The van der Waals surface area contributed by atoms with Gasteiger partial charge in [-0.2, -0.15) is 0 Å². The standard InChI is InChI=1S/C7H14Cl2O5S2/c8-1-3-15(11,12)5-7(10)6-16(13,14)4-2-9/h7,10H,1-6H2. The normalized spacial score (nSPS) is 13.2. The quantitative estimate of drug-likeness (QED) is 0.619. The van der Waals surface area contributed by atoms with Gasteiger partial charge in [0.2, 0.25) is 0 Å². The number of alkyl halides is 2. The Hall–Kier alpha value is 0.440. The van der Waals surface area contributed by atoms with Crippen LogP contribution in [0.5, 0.6) is 0 Å². The third-order valence-corrected chi connectivity index (χ3v) is 5.93. The summed E-state index contributed by atoms with van der Waals surface area (Å²) in [5, 5.41) is 9.33. The Morgan fingerprint density at radius 2 is 1.19 bits per heavy atom. The van der Waals surface area contributed by atoms with Crippen molar-refractivity contribution >= 4 is 42.9 Å². The van der Waals surface area contributed by atoms with E-state index in [2.05, 4.69) is 0 Å².